The lowest BCUT2D eigenvalue weighted by molar-refractivity contribution is 0.372. The topological polar surface area (TPSA) is 87.6 Å². The molecule has 6 heteroatoms. The summed E-state index contributed by atoms with van der Waals surface area (Å²) in [4.78, 5) is 0. The summed E-state index contributed by atoms with van der Waals surface area (Å²) in [7, 11) is 2.97. The molecule has 0 aliphatic rings. The zero-order chi connectivity index (χ0) is 19.6. The summed E-state index contributed by atoms with van der Waals surface area (Å²) >= 11 is 0. The van der Waals surface area contributed by atoms with Crippen LogP contribution in [-0.4, -0.2) is 34.6 Å². The molecule has 0 aliphatic carbocycles. The molecule has 0 atom stereocenters. The number of rotatable bonds is 6. The highest BCUT2D eigenvalue weighted by atomic mass is 16.5. The second kappa shape index (κ2) is 7.29. The lowest BCUT2D eigenvalue weighted by Gasteiger charge is -2.11. The van der Waals surface area contributed by atoms with E-state index in [4.69, 9.17) is 9.47 Å². The number of benzene rings is 2. The minimum absolute atomic E-state index is 0.0285. The molecule has 1 heterocycles. The molecule has 3 aromatic rings. The number of H-pyrrole nitrogens is 1. The number of hydrogen-bond acceptors (Lipinski definition) is 5. The van der Waals surface area contributed by atoms with Crippen molar-refractivity contribution in [3.05, 3.63) is 78.1 Å². The Kier molecular flexibility index (Phi) is 4.90. The van der Waals surface area contributed by atoms with Crippen molar-refractivity contribution >= 4 is 11.1 Å². The van der Waals surface area contributed by atoms with Crippen molar-refractivity contribution in [1.29, 1.82) is 0 Å². The number of hydrogen-bond donors (Lipinski definition) is 3. The molecule has 3 rings (SSSR count). The van der Waals surface area contributed by atoms with Gasteiger partial charge in [-0.1, -0.05) is 37.4 Å². The van der Waals surface area contributed by atoms with Crippen molar-refractivity contribution in [1.82, 2.24) is 10.2 Å². The highest BCUT2D eigenvalue weighted by Gasteiger charge is 2.18. The Morgan fingerprint density at radius 1 is 0.889 bits per heavy atom. The van der Waals surface area contributed by atoms with Gasteiger partial charge in [0, 0.05) is 22.3 Å². The third kappa shape index (κ3) is 3.25. The number of aromatic hydroxyl groups is 2. The molecular formula is C21H20N2O4. The minimum atomic E-state index is 0.0285. The van der Waals surface area contributed by atoms with E-state index in [1.54, 1.807) is 42.5 Å². The van der Waals surface area contributed by atoms with Crippen molar-refractivity contribution in [2.75, 3.05) is 14.2 Å². The van der Waals surface area contributed by atoms with Crippen molar-refractivity contribution in [3.63, 3.8) is 0 Å². The molecule has 138 valence electrons. The molecule has 0 amide bonds. The first-order valence-electron chi connectivity index (χ1n) is 8.14. The van der Waals surface area contributed by atoms with Crippen LogP contribution in [0.25, 0.3) is 11.1 Å². The number of phenols is 2. The van der Waals surface area contributed by atoms with Crippen LogP contribution < -0.4 is 9.47 Å². The van der Waals surface area contributed by atoms with Gasteiger partial charge in [0.1, 0.15) is 0 Å². The van der Waals surface area contributed by atoms with Crippen molar-refractivity contribution in [2.45, 2.75) is 0 Å². The van der Waals surface area contributed by atoms with E-state index >= 15 is 0 Å². The average molecular weight is 364 g/mol. The van der Waals surface area contributed by atoms with E-state index in [1.807, 2.05) is 0 Å². The van der Waals surface area contributed by atoms with Crippen LogP contribution in [0.15, 0.2) is 55.6 Å². The number of para-hydroxylation sites is 2. The Morgan fingerprint density at radius 3 is 1.93 bits per heavy atom. The van der Waals surface area contributed by atoms with Crippen LogP contribution in [0.3, 0.4) is 0 Å². The van der Waals surface area contributed by atoms with E-state index < -0.39 is 0 Å². The van der Waals surface area contributed by atoms with Gasteiger partial charge >= 0.3 is 0 Å². The summed E-state index contributed by atoms with van der Waals surface area (Å²) in [6.07, 6.45) is 0. The maximum Gasteiger partial charge on any atom is 0.168 e. The van der Waals surface area contributed by atoms with Gasteiger partial charge in [-0.2, -0.15) is 5.10 Å². The fourth-order valence-corrected chi connectivity index (χ4v) is 2.87. The molecule has 0 bridgehead atoms. The maximum absolute atomic E-state index is 9.97. The van der Waals surface area contributed by atoms with Gasteiger partial charge in [0.05, 0.1) is 25.6 Å². The first kappa shape index (κ1) is 18.1. The number of methoxy groups -OCH3 is 2. The van der Waals surface area contributed by atoms with Crippen LogP contribution in [0.2, 0.25) is 0 Å². The standard InChI is InChI=1S/C21H20N2O4/c1-12(14-7-5-9-18(24)20(14)26-3)16-11-17(23-22-16)13(2)15-8-6-10-19(25)21(15)27-4/h5-11,24-25H,1-2H2,3-4H3,(H,22,23). The summed E-state index contributed by atoms with van der Waals surface area (Å²) in [5.41, 5.74) is 3.70. The van der Waals surface area contributed by atoms with E-state index in [2.05, 4.69) is 23.4 Å². The lowest BCUT2D eigenvalue weighted by atomic mass is 10.00. The van der Waals surface area contributed by atoms with Crippen molar-refractivity contribution in [3.8, 4) is 23.0 Å². The summed E-state index contributed by atoms with van der Waals surface area (Å²) in [6, 6.07) is 11.9. The smallest absolute Gasteiger partial charge is 0.168 e. The number of phenolic OH excluding ortho intramolecular Hbond substituents is 2. The molecule has 2 aromatic carbocycles. The fourth-order valence-electron chi connectivity index (χ4n) is 2.87. The van der Waals surface area contributed by atoms with E-state index in [-0.39, 0.29) is 11.5 Å². The predicted octanol–water partition coefficient (Wildman–Crippen LogP) is 3.96. The molecular weight excluding hydrogens is 344 g/mol. The van der Waals surface area contributed by atoms with Crippen LogP contribution >= 0.6 is 0 Å². The highest BCUT2D eigenvalue weighted by Crippen LogP contribution is 2.38. The SMILES string of the molecule is C=C(c1cc(C(=C)c2cccc(O)c2OC)[nH]n1)c1cccc(O)c1OC. The second-order valence-corrected chi connectivity index (χ2v) is 5.84. The van der Waals surface area contributed by atoms with Gasteiger partial charge in [-0.3, -0.25) is 5.10 Å². The number of aromatic amines is 1. The first-order valence-corrected chi connectivity index (χ1v) is 8.14. The Labute approximate surface area is 157 Å². The van der Waals surface area contributed by atoms with E-state index in [1.165, 1.54) is 14.2 Å². The van der Waals surface area contributed by atoms with Crippen LogP contribution in [0.5, 0.6) is 23.0 Å². The minimum Gasteiger partial charge on any atom is -0.504 e. The van der Waals surface area contributed by atoms with Gasteiger partial charge < -0.3 is 19.7 Å². The van der Waals surface area contributed by atoms with Crippen LogP contribution in [0.1, 0.15) is 22.5 Å². The molecule has 3 N–H and O–H groups in total. The molecule has 0 saturated heterocycles. The number of nitrogens with one attached hydrogen (secondary N) is 1. The normalized spacial score (nSPS) is 10.4. The highest BCUT2D eigenvalue weighted by molar-refractivity contribution is 5.85. The second-order valence-electron chi connectivity index (χ2n) is 5.84. The largest absolute Gasteiger partial charge is 0.504 e. The molecule has 0 unspecified atom stereocenters. The summed E-state index contributed by atoms with van der Waals surface area (Å²) in [5.74, 6) is 0.735. The molecule has 1 aromatic heterocycles. The molecule has 0 spiro atoms. The number of ether oxygens (including phenoxy) is 2. The molecule has 0 saturated carbocycles. The van der Waals surface area contributed by atoms with Crippen LogP contribution in [0.4, 0.5) is 0 Å². The van der Waals surface area contributed by atoms with Gasteiger partial charge in [0.25, 0.3) is 0 Å². The molecule has 0 aliphatic heterocycles. The monoisotopic (exact) mass is 364 g/mol. The van der Waals surface area contributed by atoms with Crippen LogP contribution in [0, 0.1) is 0 Å². The average Bonchev–Trinajstić information content (AvgIpc) is 3.16. The summed E-state index contributed by atoms with van der Waals surface area (Å²) in [5, 5.41) is 27.2. The zero-order valence-electron chi connectivity index (χ0n) is 15.1. The predicted molar refractivity (Wildman–Crippen MR) is 104 cm³/mol. The Hall–Kier alpha value is -3.67. The molecule has 27 heavy (non-hydrogen) atoms. The number of nitrogens with zero attached hydrogens (tertiary/aromatic N) is 1. The molecule has 6 nitrogen and oxygen atoms in total. The van der Waals surface area contributed by atoms with Crippen molar-refractivity contribution in [2.24, 2.45) is 0 Å². The molecule has 0 fully saturated rings. The van der Waals surface area contributed by atoms with Gasteiger partial charge in [-0.15, -0.1) is 0 Å². The van der Waals surface area contributed by atoms with Gasteiger partial charge in [0.15, 0.2) is 23.0 Å². The number of aromatic nitrogens is 2. The van der Waals surface area contributed by atoms with Crippen LogP contribution in [-0.2, 0) is 0 Å². The lowest BCUT2D eigenvalue weighted by Crippen LogP contribution is -1.93. The molecule has 0 radical (unpaired) electrons. The van der Waals surface area contributed by atoms with E-state index in [0.717, 1.165) is 0 Å². The van der Waals surface area contributed by atoms with E-state index in [9.17, 15) is 10.2 Å². The zero-order valence-corrected chi connectivity index (χ0v) is 15.1. The maximum atomic E-state index is 9.97. The first-order chi connectivity index (χ1) is 13.0. The van der Waals surface area contributed by atoms with Gasteiger partial charge in [-0.25, -0.2) is 0 Å². The van der Waals surface area contributed by atoms with Gasteiger partial charge in [0.2, 0.25) is 0 Å². The van der Waals surface area contributed by atoms with Crippen molar-refractivity contribution < 1.29 is 19.7 Å². The van der Waals surface area contributed by atoms with E-state index in [0.29, 0.717) is 45.2 Å². The quantitative estimate of drug-likeness (QED) is 0.616. The Morgan fingerprint density at radius 2 is 1.41 bits per heavy atom. The summed E-state index contributed by atoms with van der Waals surface area (Å²) < 4.78 is 10.6. The third-order valence-electron chi connectivity index (χ3n) is 4.26. The summed E-state index contributed by atoms with van der Waals surface area (Å²) in [6.45, 7) is 8.15. The Balaban J connectivity index is 1.96. The Bertz CT molecular complexity index is 941. The third-order valence-corrected chi connectivity index (χ3v) is 4.26. The van der Waals surface area contributed by atoms with Gasteiger partial charge in [-0.05, 0) is 18.2 Å². The fraction of sp³-hybridized carbons (Fsp3) is 0.0952.